The zero-order valence-electron chi connectivity index (χ0n) is 7.63. The summed E-state index contributed by atoms with van der Waals surface area (Å²) < 4.78 is 0. The number of aliphatic hydroxyl groups excluding tert-OH is 1. The first-order valence-electron chi connectivity index (χ1n) is 4.16. The van der Waals surface area contributed by atoms with Crippen LogP contribution in [0, 0.1) is 0 Å². The molecule has 0 fully saturated rings. The lowest BCUT2D eigenvalue weighted by Gasteiger charge is -1.97. The number of hydrogen-bond donors (Lipinski definition) is 2. The molecule has 0 saturated carbocycles. The maximum atomic E-state index is 8.45. The molecule has 0 spiro atoms. The van der Waals surface area contributed by atoms with E-state index in [9.17, 15) is 0 Å². The van der Waals surface area contributed by atoms with Gasteiger partial charge in [-0.15, -0.1) is 0 Å². The van der Waals surface area contributed by atoms with Gasteiger partial charge in [-0.2, -0.15) is 0 Å². The molecule has 0 unspecified atom stereocenters. The van der Waals surface area contributed by atoms with E-state index < -0.39 is 0 Å². The molecule has 1 aromatic heterocycles. The molecule has 0 bridgehead atoms. The van der Waals surface area contributed by atoms with Gasteiger partial charge in [-0.05, 0) is 0 Å². The van der Waals surface area contributed by atoms with Crippen LogP contribution in [0.1, 0.15) is 12.0 Å². The predicted octanol–water partition coefficient (Wildman–Crippen LogP) is -0.208. The van der Waals surface area contributed by atoms with E-state index in [0.717, 1.165) is 0 Å². The van der Waals surface area contributed by atoms with Gasteiger partial charge in [-0.1, -0.05) is 5.16 Å². The molecule has 76 valence electrons. The van der Waals surface area contributed by atoms with Gasteiger partial charge in [0, 0.05) is 19.2 Å². The van der Waals surface area contributed by atoms with Crippen molar-refractivity contribution in [3.8, 4) is 0 Å². The van der Waals surface area contributed by atoms with Gasteiger partial charge < -0.3 is 15.7 Å². The Hall–Kier alpha value is -1.69. The SMILES string of the molecule is Nc1ncncc1C=NOCCCO. The summed E-state index contributed by atoms with van der Waals surface area (Å²) in [6.07, 6.45) is 4.89. The van der Waals surface area contributed by atoms with Gasteiger partial charge >= 0.3 is 0 Å². The van der Waals surface area contributed by atoms with Crippen molar-refractivity contribution in [2.24, 2.45) is 5.16 Å². The topological polar surface area (TPSA) is 93.6 Å². The molecule has 0 saturated heterocycles. The zero-order valence-corrected chi connectivity index (χ0v) is 7.63. The number of anilines is 1. The highest BCUT2D eigenvalue weighted by Gasteiger charge is 1.94. The number of rotatable bonds is 5. The van der Waals surface area contributed by atoms with E-state index in [4.69, 9.17) is 15.7 Å². The van der Waals surface area contributed by atoms with Gasteiger partial charge in [0.2, 0.25) is 0 Å². The molecule has 3 N–H and O–H groups in total. The Labute approximate surface area is 81.4 Å². The van der Waals surface area contributed by atoms with Crippen molar-refractivity contribution in [1.82, 2.24) is 9.97 Å². The highest BCUT2D eigenvalue weighted by atomic mass is 16.6. The standard InChI is InChI=1S/C8H12N4O2/c9-8-7(4-10-6-11-8)5-12-14-3-1-2-13/h4-6,13H,1-3H2,(H2,9,10,11). The molecular weight excluding hydrogens is 184 g/mol. The van der Waals surface area contributed by atoms with Gasteiger partial charge in [0.05, 0.1) is 11.8 Å². The highest BCUT2D eigenvalue weighted by Crippen LogP contribution is 2.00. The van der Waals surface area contributed by atoms with Crippen molar-refractivity contribution in [3.63, 3.8) is 0 Å². The fraction of sp³-hybridized carbons (Fsp3) is 0.375. The van der Waals surface area contributed by atoms with Crippen LogP contribution in [0.15, 0.2) is 17.7 Å². The summed E-state index contributed by atoms with van der Waals surface area (Å²) in [7, 11) is 0. The molecule has 1 aromatic rings. The fourth-order valence-corrected chi connectivity index (χ4v) is 0.725. The van der Waals surface area contributed by atoms with Crippen LogP contribution in [0.3, 0.4) is 0 Å². The molecule has 1 heterocycles. The van der Waals surface area contributed by atoms with Crippen LogP contribution in [-0.2, 0) is 4.84 Å². The molecule has 1 rings (SSSR count). The Kier molecular flexibility index (Phi) is 4.36. The zero-order chi connectivity index (χ0) is 10.2. The van der Waals surface area contributed by atoms with Gasteiger partial charge in [0.25, 0.3) is 0 Å². The summed E-state index contributed by atoms with van der Waals surface area (Å²) in [5.74, 6) is 0.356. The minimum Gasteiger partial charge on any atom is -0.396 e. The third-order valence-corrected chi connectivity index (χ3v) is 1.43. The Bertz CT molecular complexity index is 303. The quantitative estimate of drug-likeness (QED) is 0.386. The maximum absolute atomic E-state index is 8.45. The summed E-state index contributed by atoms with van der Waals surface area (Å²) in [6.45, 7) is 0.465. The average Bonchev–Trinajstić information content (AvgIpc) is 2.20. The second kappa shape index (κ2) is 5.87. The molecule has 0 aromatic carbocycles. The lowest BCUT2D eigenvalue weighted by atomic mass is 10.3. The molecule has 0 aliphatic heterocycles. The Morgan fingerprint density at radius 1 is 1.64 bits per heavy atom. The van der Waals surface area contributed by atoms with Gasteiger partial charge in [0.15, 0.2) is 0 Å². The Balaban J connectivity index is 2.40. The molecule has 6 nitrogen and oxygen atoms in total. The number of nitrogen functional groups attached to an aromatic ring is 1. The van der Waals surface area contributed by atoms with E-state index in [1.165, 1.54) is 12.5 Å². The van der Waals surface area contributed by atoms with E-state index in [2.05, 4.69) is 15.1 Å². The summed E-state index contributed by atoms with van der Waals surface area (Å²) in [5, 5.41) is 12.1. The molecule has 0 aliphatic carbocycles. The van der Waals surface area contributed by atoms with E-state index >= 15 is 0 Å². The maximum Gasteiger partial charge on any atom is 0.135 e. The first-order chi connectivity index (χ1) is 6.84. The lowest BCUT2D eigenvalue weighted by Crippen LogP contribution is -1.98. The second-order valence-electron chi connectivity index (χ2n) is 2.51. The summed E-state index contributed by atoms with van der Waals surface area (Å²) in [4.78, 5) is 12.4. The van der Waals surface area contributed by atoms with Gasteiger partial charge in [-0.3, -0.25) is 0 Å². The molecule has 0 aliphatic rings. The predicted molar refractivity (Wildman–Crippen MR) is 51.7 cm³/mol. The number of oxime groups is 1. The molecule has 0 radical (unpaired) electrons. The van der Waals surface area contributed by atoms with Crippen LogP contribution in [0.5, 0.6) is 0 Å². The normalized spacial score (nSPS) is 10.6. The van der Waals surface area contributed by atoms with Crippen molar-refractivity contribution in [3.05, 3.63) is 18.1 Å². The van der Waals surface area contributed by atoms with E-state index in [1.807, 2.05) is 0 Å². The van der Waals surface area contributed by atoms with E-state index in [0.29, 0.717) is 24.4 Å². The van der Waals surface area contributed by atoms with Crippen LogP contribution in [0.2, 0.25) is 0 Å². The molecule has 14 heavy (non-hydrogen) atoms. The van der Waals surface area contributed by atoms with Crippen molar-refractivity contribution in [1.29, 1.82) is 0 Å². The largest absolute Gasteiger partial charge is 0.396 e. The van der Waals surface area contributed by atoms with Crippen molar-refractivity contribution < 1.29 is 9.94 Å². The van der Waals surface area contributed by atoms with Crippen LogP contribution < -0.4 is 5.73 Å². The minimum atomic E-state index is 0.0894. The Morgan fingerprint density at radius 3 is 3.21 bits per heavy atom. The third kappa shape index (κ3) is 3.36. The number of nitrogens with two attached hydrogens (primary N) is 1. The van der Waals surface area contributed by atoms with Crippen molar-refractivity contribution in [2.45, 2.75) is 6.42 Å². The average molecular weight is 196 g/mol. The van der Waals surface area contributed by atoms with Crippen LogP contribution >= 0.6 is 0 Å². The second-order valence-corrected chi connectivity index (χ2v) is 2.51. The minimum absolute atomic E-state index is 0.0894. The Morgan fingerprint density at radius 2 is 2.50 bits per heavy atom. The molecule has 0 atom stereocenters. The van der Waals surface area contributed by atoms with Crippen LogP contribution in [0.25, 0.3) is 0 Å². The first kappa shape index (κ1) is 10.4. The van der Waals surface area contributed by atoms with Gasteiger partial charge in [-0.25, -0.2) is 9.97 Å². The van der Waals surface area contributed by atoms with Crippen molar-refractivity contribution >= 4 is 12.0 Å². The van der Waals surface area contributed by atoms with E-state index in [-0.39, 0.29) is 6.61 Å². The number of aliphatic hydroxyl groups is 1. The summed E-state index contributed by atoms with van der Waals surface area (Å²) in [5.41, 5.74) is 6.13. The van der Waals surface area contributed by atoms with Gasteiger partial charge in [0.1, 0.15) is 18.8 Å². The smallest absolute Gasteiger partial charge is 0.135 e. The third-order valence-electron chi connectivity index (χ3n) is 1.43. The van der Waals surface area contributed by atoms with Crippen LogP contribution in [-0.4, -0.2) is 34.5 Å². The molecule has 6 heteroatoms. The molecular formula is C8H12N4O2. The number of aromatic nitrogens is 2. The highest BCUT2D eigenvalue weighted by molar-refractivity contribution is 5.84. The lowest BCUT2D eigenvalue weighted by molar-refractivity contribution is 0.125. The van der Waals surface area contributed by atoms with Crippen molar-refractivity contribution in [2.75, 3.05) is 18.9 Å². The summed E-state index contributed by atoms with van der Waals surface area (Å²) >= 11 is 0. The number of hydrogen-bond acceptors (Lipinski definition) is 6. The monoisotopic (exact) mass is 196 g/mol. The number of nitrogens with zero attached hydrogens (tertiary/aromatic N) is 3. The van der Waals surface area contributed by atoms with Crippen LogP contribution in [0.4, 0.5) is 5.82 Å². The van der Waals surface area contributed by atoms with E-state index in [1.54, 1.807) is 6.20 Å². The molecule has 0 amide bonds. The first-order valence-corrected chi connectivity index (χ1v) is 4.16. The fourth-order valence-electron chi connectivity index (χ4n) is 0.725. The summed E-state index contributed by atoms with van der Waals surface area (Å²) in [6, 6.07) is 0.